The Bertz CT molecular complexity index is 271. The molecule has 66 valence electrons. The molecular formula is C9H13BrN2. The largest absolute Gasteiger partial charge is 0.398 e. The van der Waals surface area contributed by atoms with E-state index >= 15 is 0 Å². The van der Waals surface area contributed by atoms with Crippen LogP contribution in [-0.4, -0.2) is 6.04 Å². The molecule has 1 aromatic rings. The summed E-state index contributed by atoms with van der Waals surface area (Å²) in [5.41, 5.74) is 7.50. The molecule has 0 aliphatic rings. The van der Waals surface area contributed by atoms with Crippen molar-refractivity contribution in [2.24, 2.45) is 0 Å². The van der Waals surface area contributed by atoms with Gasteiger partial charge in [0.1, 0.15) is 0 Å². The highest BCUT2D eigenvalue weighted by atomic mass is 79.9. The first-order chi connectivity index (χ1) is 5.59. The molecule has 0 bridgehead atoms. The van der Waals surface area contributed by atoms with Crippen molar-refractivity contribution < 1.29 is 0 Å². The van der Waals surface area contributed by atoms with E-state index < -0.39 is 0 Å². The summed E-state index contributed by atoms with van der Waals surface area (Å²) in [7, 11) is 0. The van der Waals surface area contributed by atoms with Crippen molar-refractivity contribution in [1.29, 1.82) is 0 Å². The molecule has 1 rings (SSSR count). The predicted molar refractivity (Wildman–Crippen MR) is 57.3 cm³/mol. The van der Waals surface area contributed by atoms with Crippen molar-refractivity contribution >= 4 is 27.3 Å². The molecule has 0 unspecified atom stereocenters. The van der Waals surface area contributed by atoms with Crippen LogP contribution in [0.1, 0.15) is 13.8 Å². The average molecular weight is 229 g/mol. The molecule has 1 aromatic carbocycles. The molecule has 2 nitrogen and oxygen atoms in total. The Morgan fingerprint density at radius 3 is 2.58 bits per heavy atom. The number of hydrogen-bond acceptors (Lipinski definition) is 2. The third-order valence-electron chi connectivity index (χ3n) is 1.46. The van der Waals surface area contributed by atoms with Crippen LogP contribution in [-0.2, 0) is 0 Å². The molecule has 0 spiro atoms. The average Bonchev–Trinajstić information content (AvgIpc) is 1.96. The topological polar surface area (TPSA) is 38.0 Å². The third-order valence-corrected chi connectivity index (χ3v) is 2.14. The van der Waals surface area contributed by atoms with Crippen LogP contribution < -0.4 is 11.1 Å². The van der Waals surface area contributed by atoms with E-state index in [0.29, 0.717) is 6.04 Å². The lowest BCUT2D eigenvalue weighted by atomic mass is 10.2. The molecule has 0 amide bonds. The molecule has 0 radical (unpaired) electrons. The van der Waals surface area contributed by atoms with Gasteiger partial charge in [0.15, 0.2) is 0 Å². The highest BCUT2D eigenvalue weighted by molar-refractivity contribution is 9.10. The van der Waals surface area contributed by atoms with E-state index in [1.165, 1.54) is 0 Å². The van der Waals surface area contributed by atoms with Crippen molar-refractivity contribution in [1.82, 2.24) is 0 Å². The van der Waals surface area contributed by atoms with Gasteiger partial charge >= 0.3 is 0 Å². The zero-order valence-electron chi connectivity index (χ0n) is 7.26. The summed E-state index contributed by atoms with van der Waals surface area (Å²) in [6, 6.07) is 6.28. The van der Waals surface area contributed by atoms with Crippen molar-refractivity contribution in [3.63, 3.8) is 0 Å². The molecule has 0 heterocycles. The first kappa shape index (κ1) is 9.39. The molecule has 0 saturated carbocycles. The van der Waals surface area contributed by atoms with E-state index in [-0.39, 0.29) is 0 Å². The van der Waals surface area contributed by atoms with Crippen LogP contribution in [0, 0.1) is 0 Å². The maximum atomic E-state index is 5.64. The van der Waals surface area contributed by atoms with Gasteiger partial charge in [-0.15, -0.1) is 0 Å². The van der Waals surface area contributed by atoms with Crippen LogP contribution in [0.3, 0.4) is 0 Å². The predicted octanol–water partition coefficient (Wildman–Crippen LogP) is 2.85. The fourth-order valence-electron chi connectivity index (χ4n) is 0.950. The summed E-state index contributed by atoms with van der Waals surface area (Å²) in [6.07, 6.45) is 0. The van der Waals surface area contributed by atoms with Crippen LogP contribution in [0.15, 0.2) is 22.7 Å². The van der Waals surface area contributed by atoms with Gasteiger partial charge in [-0.2, -0.15) is 0 Å². The SMILES string of the molecule is CC(C)Nc1ccc(N)c(Br)c1. The molecule has 12 heavy (non-hydrogen) atoms. The fourth-order valence-corrected chi connectivity index (χ4v) is 1.33. The van der Waals surface area contributed by atoms with Gasteiger partial charge in [0.05, 0.1) is 0 Å². The molecule has 0 fully saturated rings. The zero-order chi connectivity index (χ0) is 9.14. The zero-order valence-corrected chi connectivity index (χ0v) is 8.85. The van der Waals surface area contributed by atoms with E-state index in [1.807, 2.05) is 18.2 Å². The number of nitrogens with one attached hydrogen (secondary N) is 1. The van der Waals surface area contributed by atoms with Crippen LogP contribution in [0.4, 0.5) is 11.4 Å². The van der Waals surface area contributed by atoms with Gasteiger partial charge in [0.25, 0.3) is 0 Å². The molecular weight excluding hydrogens is 216 g/mol. The lowest BCUT2D eigenvalue weighted by molar-refractivity contribution is 0.899. The van der Waals surface area contributed by atoms with Crippen LogP contribution >= 0.6 is 15.9 Å². The molecule has 0 aromatic heterocycles. The number of rotatable bonds is 2. The van der Waals surface area contributed by atoms with Gasteiger partial charge in [-0.3, -0.25) is 0 Å². The first-order valence-corrected chi connectivity index (χ1v) is 4.70. The minimum atomic E-state index is 0.445. The highest BCUT2D eigenvalue weighted by Crippen LogP contribution is 2.23. The van der Waals surface area contributed by atoms with Gasteiger partial charge in [0, 0.05) is 21.9 Å². The van der Waals surface area contributed by atoms with Gasteiger partial charge < -0.3 is 11.1 Å². The number of halogens is 1. The Hall–Kier alpha value is -0.700. The number of nitrogens with two attached hydrogens (primary N) is 1. The van der Waals surface area contributed by atoms with Crippen LogP contribution in [0.2, 0.25) is 0 Å². The first-order valence-electron chi connectivity index (χ1n) is 3.91. The van der Waals surface area contributed by atoms with Gasteiger partial charge in [-0.1, -0.05) is 0 Å². The number of anilines is 2. The molecule has 0 aliphatic heterocycles. The fraction of sp³-hybridized carbons (Fsp3) is 0.333. The highest BCUT2D eigenvalue weighted by Gasteiger charge is 1.98. The summed E-state index contributed by atoms with van der Waals surface area (Å²) in [6.45, 7) is 4.20. The standard InChI is InChI=1S/C9H13BrN2/c1-6(2)12-7-3-4-9(11)8(10)5-7/h3-6,12H,11H2,1-2H3. The minimum Gasteiger partial charge on any atom is -0.398 e. The number of nitrogen functional groups attached to an aromatic ring is 1. The van der Waals surface area contributed by atoms with Gasteiger partial charge in [-0.25, -0.2) is 0 Å². The van der Waals surface area contributed by atoms with Crippen molar-refractivity contribution in [3.05, 3.63) is 22.7 Å². The Labute approximate surface area is 81.3 Å². The quantitative estimate of drug-likeness (QED) is 0.765. The van der Waals surface area contributed by atoms with Crippen LogP contribution in [0.25, 0.3) is 0 Å². The second kappa shape index (κ2) is 3.81. The smallest absolute Gasteiger partial charge is 0.0460 e. The summed E-state index contributed by atoms with van der Waals surface area (Å²) in [5, 5.41) is 3.29. The molecule has 0 atom stereocenters. The van der Waals surface area contributed by atoms with Crippen molar-refractivity contribution in [2.75, 3.05) is 11.1 Å². The second-order valence-electron chi connectivity index (χ2n) is 3.04. The summed E-state index contributed by atoms with van der Waals surface area (Å²) >= 11 is 3.37. The molecule has 3 N–H and O–H groups in total. The van der Waals surface area contributed by atoms with E-state index in [0.717, 1.165) is 15.8 Å². The minimum absolute atomic E-state index is 0.445. The Kier molecular flexibility index (Phi) is 2.98. The van der Waals surface area contributed by atoms with E-state index in [1.54, 1.807) is 0 Å². The Morgan fingerprint density at radius 1 is 1.42 bits per heavy atom. The van der Waals surface area contributed by atoms with E-state index in [2.05, 4.69) is 35.1 Å². The molecule has 3 heteroatoms. The number of hydrogen-bond donors (Lipinski definition) is 2. The Morgan fingerprint density at radius 2 is 2.08 bits per heavy atom. The normalized spacial score (nSPS) is 10.3. The number of benzene rings is 1. The van der Waals surface area contributed by atoms with E-state index in [9.17, 15) is 0 Å². The van der Waals surface area contributed by atoms with Crippen molar-refractivity contribution in [3.8, 4) is 0 Å². The Balaban J connectivity index is 2.82. The summed E-state index contributed by atoms with van der Waals surface area (Å²) in [4.78, 5) is 0. The summed E-state index contributed by atoms with van der Waals surface area (Å²) < 4.78 is 0.938. The van der Waals surface area contributed by atoms with E-state index in [4.69, 9.17) is 5.73 Å². The maximum Gasteiger partial charge on any atom is 0.0460 e. The van der Waals surface area contributed by atoms with Crippen LogP contribution in [0.5, 0.6) is 0 Å². The third kappa shape index (κ3) is 2.41. The van der Waals surface area contributed by atoms with Gasteiger partial charge in [0.2, 0.25) is 0 Å². The lowest BCUT2D eigenvalue weighted by Gasteiger charge is -2.10. The van der Waals surface area contributed by atoms with Crippen molar-refractivity contribution in [2.45, 2.75) is 19.9 Å². The maximum absolute atomic E-state index is 5.64. The molecule has 0 saturated heterocycles. The summed E-state index contributed by atoms with van der Waals surface area (Å²) in [5.74, 6) is 0. The molecule has 0 aliphatic carbocycles. The second-order valence-corrected chi connectivity index (χ2v) is 3.89. The lowest BCUT2D eigenvalue weighted by Crippen LogP contribution is -2.09. The monoisotopic (exact) mass is 228 g/mol. The van der Waals surface area contributed by atoms with Gasteiger partial charge in [-0.05, 0) is 48.0 Å².